The third-order valence-corrected chi connectivity index (χ3v) is 12.3. The number of sulfonamides is 1. The lowest BCUT2D eigenvalue weighted by molar-refractivity contribution is 0.0499. The van der Waals surface area contributed by atoms with Crippen LogP contribution in [0.5, 0.6) is 17.2 Å². The molecule has 1 aromatic heterocycles. The molecule has 0 saturated carbocycles. The number of rotatable bonds is 17. The Balaban J connectivity index is 1.56. The second-order valence-corrected chi connectivity index (χ2v) is 17.7. The average Bonchev–Trinajstić information content (AvgIpc) is 3.64. The highest BCUT2D eigenvalue weighted by atomic mass is 127. The van der Waals surface area contributed by atoms with Crippen LogP contribution in [-0.4, -0.2) is 89.5 Å². The molecule has 0 fully saturated rings. The van der Waals surface area contributed by atoms with Crippen molar-refractivity contribution in [3.05, 3.63) is 105 Å². The van der Waals surface area contributed by atoms with Gasteiger partial charge in [0.2, 0.25) is 15.8 Å². The summed E-state index contributed by atoms with van der Waals surface area (Å²) in [5.74, 6) is 2.15. The zero-order valence-corrected chi connectivity index (χ0v) is 35.7. The quantitative estimate of drug-likeness (QED) is 0.0781. The Bertz CT molecular complexity index is 2130. The number of halogens is 1. The zero-order chi connectivity index (χ0) is 40.5. The third-order valence-electron chi connectivity index (χ3n) is 8.18. The number of methoxy groups -OCH3 is 3. The number of nitrogens with zero attached hydrogens (tertiary/aromatic N) is 5. The van der Waals surface area contributed by atoms with Gasteiger partial charge in [0, 0.05) is 33.9 Å². The Hall–Kier alpha value is -4.43. The van der Waals surface area contributed by atoms with Crippen molar-refractivity contribution in [3.63, 3.8) is 0 Å². The molecule has 0 saturated heterocycles. The standard InChI is InChI=1S/C39H45IN6O8S2/c1-39(2,3)54-38(48)41-21-29(47)25-55-34-20-19-33(40)35(37-42-44-46(43-37)24-28-11-17-32(53-6)18-12-28)36(34)56(49,50)45(22-26-7-13-30(51-4)14-8-26)23-27-9-15-31(52-5)16-10-27/h7-20,29,47H,21-25H2,1-6H3,(H,41,48)/t29-/m1/s1. The number of aliphatic hydroxyl groups excluding tert-OH is 1. The van der Waals surface area contributed by atoms with Crippen molar-refractivity contribution in [1.29, 1.82) is 0 Å². The molecule has 1 amide bonds. The summed E-state index contributed by atoms with van der Waals surface area (Å²) in [5.41, 5.74) is 1.92. The van der Waals surface area contributed by atoms with Crippen LogP contribution in [0.1, 0.15) is 37.5 Å². The molecule has 0 bridgehead atoms. The van der Waals surface area contributed by atoms with E-state index in [-0.39, 0.29) is 48.2 Å². The van der Waals surface area contributed by atoms with Gasteiger partial charge in [0.25, 0.3) is 0 Å². The highest BCUT2D eigenvalue weighted by Crippen LogP contribution is 2.40. The molecule has 0 unspecified atom stereocenters. The number of hydrogen-bond acceptors (Lipinski definition) is 12. The van der Waals surface area contributed by atoms with Crippen molar-refractivity contribution in [3.8, 4) is 28.6 Å². The van der Waals surface area contributed by atoms with Crippen molar-refractivity contribution in [2.45, 2.75) is 61.9 Å². The Labute approximate surface area is 345 Å². The molecule has 1 atom stereocenters. The Morgan fingerprint density at radius 2 is 1.38 bits per heavy atom. The van der Waals surface area contributed by atoms with E-state index in [0.29, 0.717) is 25.7 Å². The van der Waals surface area contributed by atoms with Gasteiger partial charge >= 0.3 is 6.09 Å². The first kappa shape index (κ1) is 42.7. The number of aliphatic hydroxyl groups is 1. The molecule has 4 aromatic carbocycles. The number of carbonyl (C=O) groups is 1. The van der Waals surface area contributed by atoms with Crippen LogP contribution >= 0.6 is 34.4 Å². The van der Waals surface area contributed by atoms with Gasteiger partial charge in [-0.3, -0.25) is 0 Å². The number of amides is 1. The first-order valence-corrected chi connectivity index (χ1v) is 21.0. The summed E-state index contributed by atoms with van der Waals surface area (Å²) >= 11 is 3.22. The smallest absolute Gasteiger partial charge is 0.407 e. The zero-order valence-electron chi connectivity index (χ0n) is 31.9. The predicted octanol–water partition coefficient (Wildman–Crippen LogP) is 6.39. The van der Waals surface area contributed by atoms with Crippen molar-refractivity contribution in [2.24, 2.45) is 0 Å². The second-order valence-electron chi connectivity index (χ2n) is 13.6. The van der Waals surface area contributed by atoms with Crippen molar-refractivity contribution in [2.75, 3.05) is 33.6 Å². The molecular formula is C39H45IN6O8S2. The number of tetrazole rings is 1. The summed E-state index contributed by atoms with van der Waals surface area (Å²) < 4.78 is 53.9. The summed E-state index contributed by atoms with van der Waals surface area (Å²) in [6, 6.07) is 25.3. The van der Waals surface area contributed by atoms with Crippen LogP contribution in [0.3, 0.4) is 0 Å². The van der Waals surface area contributed by atoms with Crippen LogP contribution in [0.2, 0.25) is 0 Å². The maximum absolute atomic E-state index is 15.3. The maximum Gasteiger partial charge on any atom is 0.407 e. The molecule has 0 aliphatic rings. The molecule has 298 valence electrons. The van der Waals surface area contributed by atoms with E-state index >= 15 is 8.42 Å². The number of aromatic nitrogens is 4. The number of nitrogens with one attached hydrogen (secondary N) is 1. The molecule has 1 heterocycles. The van der Waals surface area contributed by atoms with Gasteiger partial charge < -0.3 is 29.4 Å². The van der Waals surface area contributed by atoms with Crippen molar-refractivity contribution in [1.82, 2.24) is 29.8 Å². The van der Waals surface area contributed by atoms with Crippen LogP contribution in [-0.2, 0) is 34.4 Å². The minimum absolute atomic E-state index is 0.0212. The van der Waals surface area contributed by atoms with Crippen LogP contribution in [0, 0.1) is 3.57 Å². The molecule has 2 N–H and O–H groups in total. The highest BCUT2D eigenvalue weighted by Gasteiger charge is 2.34. The average molecular weight is 917 g/mol. The molecule has 5 rings (SSSR count). The molecule has 17 heteroatoms. The summed E-state index contributed by atoms with van der Waals surface area (Å²) in [4.78, 5) is 14.0. The van der Waals surface area contributed by atoms with Gasteiger partial charge in [-0.25, -0.2) is 13.2 Å². The second kappa shape index (κ2) is 19.1. The van der Waals surface area contributed by atoms with E-state index in [1.807, 2.05) is 48.5 Å². The molecule has 14 nitrogen and oxygen atoms in total. The van der Waals surface area contributed by atoms with Gasteiger partial charge in [-0.2, -0.15) is 9.10 Å². The Kier molecular flexibility index (Phi) is 14.6. The van der Waals surface area contributed by atoms with E-state index in [4.69, 9.17) is 18.9 Å². The number of carbonyl (C=O) groups excluding carboxylic acids is 1. The molecule has 0 radical (unpaired) electrons. The van der Waals surface area contributed by atoms with Crippen molar-refractivity contribution < 1.29 is 37.3 Å². The number of thioether (sulfide) groups is 1. The predicted molar refractivity (Wildman–Crippen MR) is 221 cm³/mol. The fourth-order valence-electron chi connectivity index (χ4n) is 5.41. The summed E-state index contributed by atoms with van der Waals surface area (Å²) in [5, 5.41) is 26.8. The number of hydrogen-bond donors (Lipinski definition) is 2. The normalized spacial score (nSPS) is 12.3. The largest absolute Gasteiger partial charge is 0.497 e. The van der Waals surface area contributed by atoms with E-state index in [9.17, 15) is 9.90 Å². The minimum atomic E-state index is -4.37. The number of benzene rings is 4. The monoisotopic (exact) mass is 916 g/mol. The first-order chi connectivity index (χ1) is 26.7. The summed E-state index contributed by atoms with van der Waals surface area (Å²) in [6.45, 7) is 5.45. The van der Waals surface area contributed by atoms with Gasteiger partial charge in [0.15, 0.2) is 0 Å². The summed E-state index contributed by atoms with van der Waals surface area (Å²) in [7, 11) is 0.362. The van der Waals surface area contributed by atoms with E-state index in [1.165, 1.54) is 9.10 Å². The maximum atomic E-state index is 15.3. The molecular weight excluding hydrogens is 872 g/mol. The molecule has 0 spiro atoms. The van der Waals surface area contributed by atoms with E-state index in [0.717, 1.165) is 28.5 Å². The van der Waals surface area contributed by atoms with E-state index < -0.39 is 27.8 Å². The molecule has 0 aliphatic carbocycles. The minimum Gasteiger partial charge on any atom is -0.497 e. The van der Waals surface area contributed by atoms with Gasteiger partial charge in [0.05, 0.1) is 39.5 Å². The number of ether oxygens (including phenoxy) is 4. The highest BCUT2D eigenvalue weighted by molar-refractivity contribution is 14.1. The Morgan fingerprint density at radius 3 is 1.88 bits per heavy atom. The molecule has 56 heavy (non-hydrogen) atoms. The van der Waals surface area contributed by atoms with E-state index in [2.05, 4.69) is 43.3 Å². The fraction of sp³-hybridized carbons (Fsp3) is 0.333. The molecule has 5 aromatic rings. The Morgan fingerprint density at radius 1 is 0.857 bits per heavy atom. The lowest BCUT2D eigenvalue weighted by atomic mass is 10.2. The van der Waals surface area contributed by atoms with Gasteiger partial charge in [-0.05, 0) is 114 Å². The van der Waals surface area contributed by atoms with Crippen LogP contribution in [0.15, 0.2) is 94.7 Å². The van der Waals surface area contributed by atoms with Gasteiger partial charge in [-0.15, -0.1) is 22.0 Å². The molecule has 0 aliphatic heterocycles. The van der Waals surface area contributed by atoms with Crippen LogP contribution in [0.4, 0.5) is 4.79 Å². The lowest BCUT2D eigenvalue weighted by Gasteiger charge is -2.26. The lowest BCUT2D eigenvalue weighted by Crippen LogP contribution is -2.37. The SMILES string of the molecule is COc1ccc(CN(Cc2ccc(OC)cc2)S(=O)(=O)c2c(SC[C@H](O)CNC(=O)OC(C)(C)C)ccc(I)c2-c2nnn(Cc3ccc(OC)cc3)n2)cc1. The van der Waals surface area contributed by atoms with Crippen LogP contribution < -0.4 is 19.5 Å². The van der Waals surface area contributed by atoms with E-state index in [1.54, 1.807) is 78.5 Å². The third kappa shape index (κ3) is 11.6. The number of alkyl carbamates (subject to hydrolysis) is 1. The van der Waals surface area contributed by atoms with Crippen LogP contribution in [0.25, 0.3) is 11.4 Å². The summed E-state index contributed by atoms with van der Waals surface area (Å²) in [6.07, 6.45) is -1.71. The van der Waals surface area contributed by atoms with Crippen molar-refractivity contribution >= 4 is 50.5 Å². The van der Waals surface area contributed by atoms with Gasteiger partial charge in [0.1, 0.15) is 27.7 Å². The fourth-order valence-corrected chi connectivity index (χ4v) is 9.34. The van der Waals surface area contributed by atoms with Gasteiger partial charge in [-0.1, -0.05) is 36.4 Å². The topological polar surface area (TPSA) is 167 Å². The first-order valence-electron chi connectivity index (χ1n) is 17.5.